The van der Waals surface area contributed by atoms with Crippen molar-refractivity contribution in [2.24, 2.45) is 0 Å². The van der Waals surface area contributed by atoms with Gasteiger partial charge in [-0.15, -0.1) is 0 Å². The second-order valence-corrected chi connectivity index (χ2v) is 5.39. The van der Waals surface area contributed by atoms with Gasteiger partial charge in [-0.2, -0.15) is 8.42 Å². The van der Waals surface area contributed by atoms with Crippen LogP contribution in [0.25, 0.3) is 10.8 Å². The molecule has 0 amide bonds. The van der Waals surface area contributed by atoms with Crippen LogP contribution in [0.1, 0.15) is 11.1 Å². The first-order chi connectivity index (χ1) is 7.82. The van der Waals surface area contributed by atoms with E-state index in [0.29, 0.717) is 10.9 Å². The Morgan fingerprint density at radius 1 is 1.18 bits per heavy atom. The lowest BCUT2D eigenvalue weighted by Crippen LogP contribution is -2.00. The molecule has 0 aromatic heterocycles. The van der Waals surface area contributed by atoms with Gasteiger partial charge in [0.15, 0.2) is 0 Å². The van der Waals surface area contributed by atoms with Crippen LogP contribution in [-0.2, 0) is 10.1 Å². The molecule has 0 unspecified atom stereocenters. The van der Waals surface area contributed by atoms with Crippen LogP contribution in [0.5, 0.6) is 5.75 Å². The zero-order chi connectivity index (χ0) is 12.8. The summed E-state index contributed by atoms with van der Waals surface area (Å²) in [4.78, 5) is -0.268. The molecule has 0 saturated heterocycles. The lowest BCUT2D eigenvalue weighted by atomic mass is 10.0. The SMILES string of the molecule is Cc1cc2cccc(S(=O)(=O)O)c2c(O)c1C. The van der Waals surface area contributed by atoms with Crippen LogP contribution in [0.15, 0.2) is 29.2 Å². The molecule has 0 aliphatic carbocycles. The molecule has 90 valence electrons. The monoisotopic (exact) mass is 252 g/mol. The van der Waals surface area contributed by atoms with Crippen LogP contribution in [0.2, 0.25) is 0 Å². The van der Waals surface area contributed by atoms with Crippen molar-refractivity contribution in [3.05, 3.63) is 35.4 Å². The molecule has 2 N–H and O–H groups in total. The Labute approximate surface area is 99.3 Å². The van der Waals surface area contributed by atoms with E-state index in [9.17, 15) is 13.5 Å². The molecule has 0 fully saturated rings. The highest BCUT2D eigenvalue weighted by Crippen LogP contribution is 2.35. The summed E-state index contributed by atoms with van der Waals surface area (Å²) in [5.74, 6) is -0.103. The molecule has 0 saturated carbocycles. The van der Waals surface area contributed by atoms with Crippen LogP contribution >= 0.6 is 0 Å². The molecule has 17 heavy (non-hydrogen) atoms. The minimum absolute atomic E-state index is 0.103. The Morgan fingerprint density at radius 3 is 2.41 bits per heavy atom. The molecule has 4 nitrogen and oxygen atoms in total. The zero-order valence-corrected chi connectivity index (χ0v) is 10.2. The molecular formula is C12H12O4S. The molecule has 2 aromatic rings. The van der Waals surface area contributed by atoms with E-state index in [4.69, 9.17) is 4.55 Å². The second-order valence-electron chi connectivity index (χ2n) is 4.00. The van der Waals surface area contributed by atoms with Gasteiger partial charge in [-0.05, 0) is 36.4 Å². The van der Waals surface area contributed by atoms with E-state index in [1.54, 1.807) is 19.1 Å². The largest absolute Gasteiger partial charge is 0.507 e. The zero-order valence-electron chi connectivity index (χ0n) is 9.43. The molecule has 0 heterocycles. The van der Waals surface area contributed by atoms with Gasteiger partial charge in [0.2, 0.25) is 0 Å². The minimum Gasteiger partial charge on any atom is -0.507 e. The molecule has 2 aromatic carbocycles. The Hall–Kier alpha value is -1.59. The predicted octanol–water partition coefficient (Wildman–Crippen LogP) is 2.41. The second kappa shape index (κ2) is 3.72. The Balaban J connectivity index is 3.05. The molecule has 5 heteroatoms. The van der Waals surface area contributed by atoms with Crippen molar-refractivity contribution in [1.82, 2.24) is 0 Å². The molecule has 0 aliphatic heterocycles. The topological polar surface area (TPSA) is 74.6 Å². The summed E-state index contributed by atoms with van der Waals surface area (Å²) in [6.45, 7) is 3.53. The predicted molar refractivity (Wildman–Crippen MR) is 64.9 cm³/mol. The highest BCUT2D eigenvalue weighted by Gasteiger charge is 2.18. The Kier molecular flexibility index (Phi) is 2.60. The first kappa shape index (κ1) is 11.9. The molecule has 0 radical (unpaired) electrons. The van der Waals surface area contributed by atoms with Gasteiger partial charge in [-0.3, -0.25) is 4.55 Å². The number of aromatic hydroxyl groups is 1. The number of aryl methyl sites for hydroxylation is 1. The lowest BCUT2D eigenvalue weighted by Gasteiger charge is -2.10. The number of hydrogen-bond acceptors (Lipinski definition) is 3. The summed E-state index contributed by atoms with van der Waals surface area (Å²) < 4.78 is 31.6. The summed E-state index contributed by atoms with van der Waals surface area (Å²) in [7, 11) is -4.34. The normalized spacial score (nSPS) is 11.9. The smallest absolute Gasteiger partial charge is 0.295 e. The van der Waals surface area contributed by atoms with Crippen LogP contribution < -0.4 is 0 Å². The van der Waals surface area contributed by atoms with Gasteiger partial charge in [0, 0.05) is 5.39 Å². The maximum Gasteiger partial charge on any atom is 0.295 e. The quantitative estimate of drug-likeness (QED) is 0.764. The van der Waals surface area contributed by atoms with E-state index in [-0.39, 0.29) is 16.0 Å². The van der Waals surface area contributed by atoms with Gasteiger partial charge in [-0.25, -0.2) is 0 Å². The van der Waals surface area contributed by atoms with Gasteiger partial charge in [0.05, 0.1) is 0 Å². The van der Waals surface area contributed by atoms with E-state index in [2.05, 4.69) is 0 Å². The number of hydrogen-bond donors (Lipinski definition) is 2. The third kappa shape index (κ3) is 1.87. The van der Waals surface area contributed by atoms with E-state index < -0.39 is 10.1 Å². The van der Waals surface area contributed by atoms with Crippen LogP contribution in [0.4, 0.5) is 0 Å². The fourth-order valence-electron chi connectivity index (χ4n) is 1.85. The van der Waals surface area contributed by atoms with Gasteiger partial charge in [0.25, 0.3) is 10.1 Å². The van der Waals surface area contributed by atoms with Gasteiger partial charge >= 0.3 is 0 Å². The molecule has 2 rings (SSSR count). The first-order valence-corrected chi connectivity index (χ1v) is 6.46. The highest BCUT2D eigenvalue weighted by atomic mass is 32.2. The number of rotatable bonds is 1. The van der Waals surface area contributed by atoms with Crippen molar-refractivity contribution in [2.45, 2.75) is 18.7 Å². The van der Waals surface area contributed by atoms with E-state index in [1.807, 2.05) is 6.92 Å². The van der Waals surface area contributed by atoms with E-state index in [0.717, 1.165) is 5.56 Å². The minimum atomic E-state index is -4.34. The van der Waals surface area contributed by atoms with Crippen molar-refractivity contribution in [2.75, 3.05) is 0 Å². The van der Waals surface area contributed by atoms with Gasteiger partial charge < -0.3 is 5.11 Å². The highest BCUT2D eigenvalue weighted by molar-refractivity contribution is 7.86. The number of phenols is 1. The number of phenolic OH excluding ortho intramolecular Hbond substituents is 1. The third-order valence-electron chi connectivity index (χ3n) is 2.89. The summed E-state index contributed by atoms with van der Waals surface area (Å²) >= 11 is 0. The maximum absolute atomic E-state index is 11.2. The van der Waals surface area contributed by atoms with Crippen molar-refractivity contribution < 1.29 is 18.1 Å². The summed E-state index contributed by atoms with van der Waals surface area (Å²) in [5, 5.41) is 10.8. The van der Waals surface area contributed by atoms with Crippen molar-refractivity contribution in [3.63, 3.8) is 0 Å². The molecule has 0 atom stereocenters. The average molecular weight is 252 g/mol. The lowest BCUT2D eigenvalue weighted by molar-refractivity contribution is 0.471. The van der Waals surface area contributed by atoms with Crippen LogP contribution in [-0.4, -0.2) is 18.1 Å². The van der Waals surface area contributed by atoms with Crippen LogP contribution in [0, 0.1) is 13.8 Å². The standard InChI is InChI=1S/C12H12O4S/c1-7-6-9-4-3-5-10(17(14,15)16)11(9)12(13)8(7)2/h3-6,13H,1-2H3,(H,14,15,16). The van der Waals surface area contributed by atoms with Crippen molar-refractivity contribution in [1.29, 1.82) is 0 Å². The molecular weight excluding hydrogens is 240 g/mol. The number of fused-ring (bicyclic) bond motifs is 1. The fourth-order valence-corrected chi connectivity index (χ4v) is 2.58. The maximum atomic E-state index is 11.2. The Morgan fingerprint density at radius 2 is 1.82 bits per heavy atom. The summed E-state index contributed by atoms with van der Waals surface area (Å²) in [6, 6.07) is 6.26. The van der Waals surface area contributed by atoms with E-state index >= 15 is 0 Å². The van der Waals surface area contributed by atoms with Crippen LogP contribution in [0.3, 0.4) is 0 Å². The first-order valence-electron chi connectivity index (χ1n) is 5.02. The van der Waals surface area contributed by atoms with Crippen molar-refractivity contribution >= 4 is 20.9 Å². The molecule has 0 spiro atoms. The summed E-state index contributed by atoms with van der Waals surface area (Å²) in [5.41, 5.74) is 1.47. The molecule has 0 aliphatic rings. The fraction of sp³-hybridized carbons (Fsp3) is 0.167. The van der Waals surface area contributed by atoms with Gasteiger partial charge in [-0.1, -0.05) is 18.2 Å². The Bertz CT molecular complexity index is 702. The summed E-state index contributed by atoms with van der Waals surface area (Å²) in [6.07, 6.45) is 0. The third-order valence-corrected chi connectivity index (χ3v) is 3.79. The molecule has 0 bridgehead atoms. The van der Waals surface area contributed by atoms with E-state index in [1.165, 1.54) is 12.1 Å². The van der Waals surface area contributed by atoms with Gasteiger partial charge in [0.1, 0.15) is 10.6 Å². The van der Waals surface area contributed by atoms with Crippen molar-refractivity contribution in [3.8, 4) is 5.75 Å². The number of benzene rings is 2. The average Bonchev–Trinajstić information content (AvgIpc) is 2.24.